The smallest absolute Gasteiger partial charge is 0.264 e. The second-order valence-corrected chi connectivity index (χ2v) is 6.23. The van der Waals surface area contributed by atoms with Gasteiger partial charge < -0.3 is 10.1 Å². The number of hydrogen-bond donors (Lipinski definition) is 1. The lowest BCUT2D eigenvalue weighted by Crippen LogP contribution is -2.12. The number of fused-ring (bicyclic) bond motifs is 1. The summed E-state index contributed by atoms with van der Waals surface area (Å²) in [5.41, 5.74) is 2.24. The molecule has 0 spiro atoms. The highest BCUT2D eigenvalue weighted by atomic mass is 19.3. The van der Waals surface area contributed by atoms with E-state index in [9.17, 15) is 8.78 Å². The molecule has 3 rings (SSSR count). The Hall–Kier alpha value is -2.76. The van der Waals surface area contributed by atoms with Crippen LogP contribution in [-0.4, -0.2) is 17.1 Å². The molecule has 1 unspecified atom stereocenters. The lowest BCUT2D eigenvalue weighted by atomic mass is 9.97. The molecule has 1 N–H and O–H groups in total. The molecule has 0 aliphatic carbocycles. The van der Waals surface area contributed by atoms with Crippen molar-refractivity contribution in [3.63, 3.8) is 0 Å². The molecule has 0 radical (unpaired) electrons. The molecular formula is C20H21F2N3O. The summed E-state index contributed by atoms with van der Waals surface area (Å²) in [6.07, 6.45) is -2.49. The molecule has 0 saturated heterocycles. The fourth-order valence-electron chi connectivity index (χ4n) is 3.12. The second kappa shape index (κ2) is 7.23. The molecule has 1 aromatic heterocycles. The summed E-state index contributed by atoms with van der Waals surface area (Å²) in [5, 5.41) is 4.20. The van der Waals surface area contributed by atoms with Gasteiger partial charge in [-0.2, -0.15) is 0 Å². The molecule has 3 aromatic rings. The van der Waals surface area contributed by atoms with E-state index in [2.05, 4.69) is 15.3 Å². The molecule has 0 fully saturated rings. The standard InChI is InChI=1S/C20H21F2N3O/c1-11-15(6-5-7-16(11)19(21)22)12(2)23-20-17-9-8-14(26-4)10-18(17)24-13(3)25-20/h5-10,12,19H,1-4H3,(H,23,24,25). The molecule has 0 aliphatic heterocycles. The van der Waals surface area contributed by atoms with Crippen LogP contribution < -0.4 is 10.1 Å². The van der Waals surface area contributed by atoms with E-state index in [1.165, 1.54) is 6.07 Å². The van der Waals surface area contributed by atoms with Gasteiger partial charge in [0, 0.05) is 17.0 Å². The Labute approximate surface area is 151 Å². The Bertz CT molecular complexity index is 944. The van der Waals surface area contributed by atoms with Crippen LogP contribution in [0.25, 0.3) is 10.9 Å². The molecule has 0 amide bonds. The van der Waals surface area contributed by atoms with Crippen LogP contribution >= 0.6 is 0 Å². The molecule has 0 saturated carbocycles. The lowest BCUT2D eigenvalue weighted by Gasteiger charge is -2.20. The predicted molar refractivity (Wildman–Crippen MR) is 99.0 cm³/mol. The Balaban J connectivity index is 2.00. The molecule has 1 atom stereocenters. The number of methoxy groups -OCH3 is 1. The van der Waals surface area contributed by atoms with Crippen molar-refractivity contribution in [2.24, 2.45) is 0 Å². The van der Waals surface area contributed by atoms with E-state index >= 15 is 0 Å². The highest BCUT2D eigenvalue weighted by Crippen LogP contribution is 2.31. The molecule has 1 heterocycles. The van der Waals surface area contributed by atoms with E-state index in [0.717, 1.165) is 22.2 Å². The van der Waals surface area contributed by atoms with Crippen LogP contribution in [-0.2, 0) is 0 Å². The van der Waals surface area contributed by atoms with Crippen molar-refractivity contribution < 1.29 is 13.5 Å². The number of nitrogens with one attached hydrogen (secondary N) is 1. The summed E-state index contributed by atoms with van der Waals surface area (Å²) in [7, 11) is 1.61. The average molecular weight is 357 g/mol. The minimum atomic E-state index is -2.49. The largest absolute Gasteiger partial charge is 0.497 e. The molecule has 0 bridgehead atoms. The quantitative estimate of drug-likeness (QED) is 0.667. The number of benzene rings is 2. The maximum absolute atomic E-state index is 13.2. The molecule has 2 aromatic carbocycles. The van der Waals surface area contributed by atoms with E-state index in [1.807, 2.05) is 38.1 Å². The van der Waals surface area contributed by atoms with Gasteiger partial charge in [-0.15, -0.1) is 0 Å². The summed E-state index contributed by atoms with van der Waals surface area (Å²) >= 11 is 0. The van der Waals surface area contributed by atoms with Crippen molar-refractivity contribution in [1.82, 2.24) is 9.97 Å². The summed E-state index contributed by atoms with van der Waals surface area (Å²) in [4.78, 5) is 8.95. The lowest BCUT2D eigenvalue weighted by molar-refractivity contribution is 0.150. The van der Waals surface area contributed by atoms with E-state index in [0.29, 0.717) is 17.2 Å². The van der Waals surface area contributed by atoms with Crippen LogP contribution in [0.4, 0.5) is 14.6 Å². The van der Waals surface area contributed by atoms with E-state index in [1.54, 1.807) is 20.1 Å². The molecule has 136 valence electrons. The average Bonchev–Trinajstić information content (AvgIpc) is 2.60. The Morgan fingerprint density at radius 2 is 1.77 bits per heavy atom. The zero-order valence-corrected chi connectivity index (χ0v) is 15.2. The van der Waals surface area contributed by atoms with Crippen LogP contribution in [0, 0.1) is 13.8 Å². The maximum Gasteiger partial charge on any atom is 0.264 e. The monoisotopic (exact) mass is 357 g/mol. The predicted octanol–water partition coefficient (Wildman–Crippen LogP) is 5.37. The van der Waals surface area contributed by atoms with Gasteiger partial charge in [0.1, 0.15) is 17.4 Å². The Morgan fingerprint density at radius 3 is 2.46 bits per heavy atom. The van der Waals surface area contributed by atoms with Crippen LogP contribution in [0.3, 0.4) is 0 Å². The number of aryl methyl sites for hydroxylation is 1. The third kappa shape index (κ3) is 3.45. The first kappa shape index (κ1) is 18.0. The van der Waals surface area contributed by atoms with Crippen LogP contribution in [0.15, 0.2) is 36.4 Å². The first-order valence-electron chi connectivity index (χ1n) is 8.37. The summed E-state index contributed by atoms with van der Waals surface area (Å²) < 4.78 is 31.6. The molecular weight excluding hydrogens is 336 g/mol. The van der Waals surface area contributed by atoms with Gasteiger partial charge in [0.2, 0.25) is 0 Å². The number of anilines is 1. The third-order valence-corrected chi connectivity index (χ3v) is 4.49. The molecule has 0 aliphatic rings. The fourth-order valence-corrected chi connectivity index (χ4v) is 3.12. The number of hydrogen-bond acceptors (Lipinski definition) is 4. The number of halogens is 2. The van der Waals surface area contributed by atoms with Gasteiger partial charge in [-0.3, -0.25) is 0 Å². The third-order valence-electron chi connectivity index (χ3n) is 4.49. The summed E-state index contributed by atoms with van der Waals surface area (Å²) in [5.74, 6) is 2.01. The van der Waals surface area contributed by atoms with Gasteiger partial charge in [0.05, 0.1) is 18.7 Å². The van der Waals surface area contributed by atoms with E-state index in [4.69, 9.17) is 4.74 Å². The van der Waals surface area contributed by atoms with Crippen LogP contribution in [0.2, 0.25) is 0 Å². The van der Waals surface area contributed by atoms with Crippen molar-refractivity contribution in [3.8, 4) is 5.75 Å². The Morgan fingerprint density at radius 1 is 1.04 bits per heavy atom. The first-order valence-corrected chi connectivity index (χ1v) is 8.37. The van der Waals surface area contributed by atoms with Crippen LogP contribution in [0.5, 0.6) is 5.75 Å². The van der Waals surface area contributed by atoms with Gasteiger partial charge in [-0.25, -0.2) is 18.7 Å². The van der Waals surface area contributed by atoms with Gasteiger partial charge in [0.25, 0.3) is 6.43 Å². The SMILES string of the molecule is COc1ccc2c(NC(C)c3cccc(C(F)F)c3C)nc(C)nc2c1. The summed E-state index contributed by atoms with van der Waals surface area (Å²) in [6.45, 7) is 5.48. The fraction of sp³-hybridized carbons (Fsp3) is 0.300. The van der Waals surface area contributed by atoms with E-state index in [-0.39, 0.29) is 11.6 Å². The Kier molecular flexibility index (Phi) is 5.02. The van der Waals surface area contributed by atoms with Crippen LogP contribution in [0.1, 0.15) is 41.9 Å². The van der Waals surface area contributed by atoms with Crippen molar-refractivity contribution in [1.29, 1.82) is 0 Å². The highest BCUT2D eigenvalue weighted by molar-refractivity contribution is 5.90. The van der Waals surface area contributed by atoms with Gasteiger partial charge in [0.15, 0.2) is 0 Å². The number of rotatable bonds is 5. The van der Waals surface area contributed by atoms with Crippen molar-refractivity contribution >= 4 is 16.7 Å². The number of nitrogens with zero attached hydrogens (tertiary/aromatic N) is 2. The van der Waals surface area contributed by atoms with Crippen molar-refractivity contribution in [2.75, 3.05) is 12.4 Å². The zero-order valence-electron chi connectivity index (χ0n) is 15.2. The van der Waals surface area contributed by atoms with Gasteiger partial charge >= 0.3 is 0 Å². The normalized spacial score (nSPS) is 12.4. The first-order chi connectivity index (χ1) is 12.4. The van der Waals surface area contributed by atoms with Crippen molar-refractivity contribution in [3.05, 3.63) is 58.9 Å². The minimum Gasteiger partial charge on any atom is -0.497 e. The van der Waals surface area contributed by atoms with Crippen molar-refractivity contribution in [2.45, 2.75) is 33.2 Å². The molecule has 4 nitrogen and oxygen atoms in total. The minimum absolute atomic E-state index is 0.0598. The summed E-state index contributed by atoms with van der Waals surface area (Å²) in [6, 6.07) is 10.4. The van der Waals surface area contributed by atoms with E-state index < -0.39 is 6.43 Å². The number of aromatic nitrogens is 2. The second-order valence-electron chi connectivity index (χ2n) is 6.23. The maximum atomic E-state index is 13.2. The number of ether oxygens (including phenoxy) is 1. The molecule has 6 heteroatoms. The zero-order chi connectivity index (χ0) is 18.8. The molecule has 26 heavy (non-hydrogen) atoms. The number of alkyl halides is 2. The van der Waals surface area contributed by atoms with Gasteiger partial charge in [-0.05, 0) is 44.0 Å². The highest BCUT2D eigenvalue weighted by Gasteiger charge is 2.17. The van der Waals surface area contributed by atoms with Gasteiger partial charge in [-0.1, -0.05) is 18.2 Å². The topological polar surface area (TPSA) is 47.0 Å².